The Hall–Kier alpha value is -2.87. The normalized spacial score (nSPS) is 18.1. The summed E-state index contributed by atoms with van der Waals surface area (Å²) in [7, 11) is 1.65. The topological polar surface area (TPSA) is 84.6 Å². The molecular formula is C21H23N5O2S. The van der Waals surface area contributed by atoms with Gasteiger partial charge in [0.05, 0.1) is 17.9 Å². The first-order chi connectivity index (χ1) is 14.1. The van der Waals surface area contributed by atoms with E-state index in [4.69, 9.17) is 10.5 Å². The van der Waals surface area contributed by atoms with Crippen molar-refractivity contribution in [1.82, 2.24) is 14.9 Å². The molecule has 0 radical (unpaired) electrons. The number of methoxy groups -OCH3 is 1. The van der Waals surface area contributed by atoms with Crippen molar-refractivity contribution in [3.05, 3.63) is 41.3 Å². The number of fused-ring (bicyclic) bond motifs is 1. The van der Waals surface area contributed by atoms with E-state index in [0.29, 0.717) is 19.0 Å². The fraction of sp³-hybridized carbons (Fsp3) is 0.381. The van der Waals surface area contributed by atoms with Crippen LogP contribution in [-0.4, -0.2) is 54.1 Å². The first-order valence-corrected chi connectivity index (χ1v) is 10.7. The highest BCUT2D eigenvalue weighted by Gasteiger charge is 2.53. The van der Waals surface area contributed by atoms with Gasteiger partial charge in [0.25, 0.3) is 0 Å². The second kappa shape index (κ2) is 6.88. The molecule has 3 heterocycles. The molecule has 0 unspecified atom stereocenters. The molecule has 150 valence electrons. The van der Waals surface area contributed by atoms with E-state index in [2.05, 4.69) is 14.9 Å². The fourth-order valence-corrected chi connectivity index (χ4v) is 4.95. The second-order valence-electron chi connectivity index (χ2n) is 7.63. The largest absolute Gasteiger partial charge is 0.497 e. The van der Waals surface area contributed by atoms with Gasteiger partial charge in [-0.2, -0.15) is 4.98 Å². The molecule has 2 aromatic heterocycles. The lowest BCUT2D eigenvalue weighted by molar-refractivity contribution is -0.134. The second-order valence-corrected chi connectivity index (χ2v) is 8.53. The first-order valence-electron chi connectivity index (χ1n) is 9.80. The highest BCUT2D eigenvalue weighted by atomic mass is 32.1. The molecule has 5 rings (SSSR count). The quantitative estimate of drug-likeness (QED) is 0.713. The number of hydrogen-bond donors (Lipinski definition) is 1. The van der Waals surface area contributed by atoms with Gasteiger partial charge in [-0.1, -0.05) is 12.1 Å². The van der Waals surface area contributed by atoms with E-state index < -0.39 is 0 Å². The summed E-state index contributed by atoms with van der Waals surface area (Å²) in [6, 6.07) is 9.96. The molecule has 1 aliphatic heterocycles. The number of amides is 1. The van der Waals surface area contributed by atoms with Crippen molar-refractivity contribution in [2.75, 3.05) is 43.9 Å². The molecule has 29 heavy (non-hydrogen) atoms. The molecule has 1 saturated carbocycles. The van der Waals surface area contributed by atoms with Crippen LogP contribution in [0.15, 0.2) is 35.7 Å². The number of thiophene rings is 1. The van der Waals surface area contributed by atoms with E-state index in [-0.39, 0.29) is 11.3 Å². The fourth-order valence-electron chi connectivity index (χ4n) is 4.18. The Balaban J connectivity index is 1.31. The molecule has 1 aromatic carbocycles. The van der Waals surface area contributed by atoms with Gasteiger partial charge >= 0.3 is 0 Å². The molecule has 0 spiro atoms. The number of carbonyl (C=O) groups excluding carboxylic acids is 1. The average molecular weight is 410 g/mol. The van der Waals surface area contributed by atoms with Crippen molar-refractivity contribution in [2.24, 2.45) is 0 Å². The van der Waals surface area contributed by atoms with Crippen molar-refractivity contribution in [1.29, 1.82) is 0 Å². The smallest absolute Gasteiger partial charge is 0.233 e. The number of rotatable bonds is 4. The minimum absolute atomic E-state index is 0.241. The molecular weight excluding hydrogens is 386 g/mol. The van der Waals surface area contributed by atoms with E-state index in [1.165, 1.54) is 0 Å². The third-order valence-corrected chi connectivity index (χ3v) is 6.80. The van der Waals surface area contributed by atoms with Crippen LogP contribution in [0.25, 0.3) is 10.2 Å². The Kier molecular flexibility index (Phi) is 4.31. The van der Waals surface area contributed by atoms with Gasteiger partial charge in [-0.15, -0.1) is 11.3 Å². The molecule has 1 amide bonds. The van der Waals surface area contributed by atoms with Crippen molar-refractivity contribution in [3.8, 4) is 5.75 Å². The molecule has 2 N–H and O–H groups in total. The maximum Gasteiger partial charge on any atom is 0.233 e. The van der Waals surface area contributed by atoms with Crippen molar-refractivity contribution in [3.63, 3.8) is 0 Å². The summed E-state index contributed by atoms with van der Waals surface area (Å²) in [6.07, 6.45) is 1.83. The van der Waals surface area contributed by atoms with Gasteiger partial charge in [-0.25, -0.2) is 4.98 Å². The Morgan fingerprint density at radius 2 is 1.83 bits per heavy atom. The lowest BCUT2D eigenvalue weighted by Crippen LogP contribution is -2.51. The number of nitrogens with two attached hydrogens (primary N) is 1. The zero-order chi connectivity index (χ0) is 20.0. The zero-order valence-electron chi connectivity index (χ0n) is 16.3. The number of ether oxygens (including phenoxy) is 1. The van der Waals surface area contributed by atoms with Gasteiger partial charge < -0.3 is 20.3 Å². The van der Waals surface area contributed by atoms with Crippen molar-refractivity contribution < 1.29 is 9.53 Å². The summed E-state index contributed by atoms with van der Waals surface area (Å²) >= 11 is 1.57. The van der Waals surface area contributed by atoms with Gasteiger partial charge in [0.2, 0.25) is 11.9 Å². The highest BCUT2D eigenvalue weighted by Crippen LogP contribution is 2.50. The standard InChI is InChI=1S/C21H23N5O2S/c1-28-15-4-2-14(3-5-15)21(7-8-21)19(27)26-11-9-25(10-12-26)17-16-6-13-29-18(16)24-20(22)23-17/h2-6,13H,7-12H2,1H3,(H2,22,23,24). The van der Waals surface area contributed by atoms with Crippen LogP contribution in [0.2, 0.25) is 0 Å². The predicted molar refractivity (Wildman–Crippen MR) is 115 cm³/mol. The number of nitrogens with zero attached hydrogens (tertiary/aromatic N) is 4. The van der Waals surface area contributed by atoms with Crippen LogP contribution in [-0.2, 0) is 10.2 Å². The highest BCUT2D eigenvalue weighted by molar-refractivity contribution is 7.16. The third-order valence-electron chi connectivity index (χ3n) is 5.99. The molecule has 3 aromatic rings. The van der Waals surface area contributed by atoms with E-state index in [1.807, 2.05) is 40.6 Å². The summed E-state index contributed by atoms with van der Waals surface area (Å²) in [5, 5.41) is 3.04. The number of anilines is 2. The van der Waals surface area contributed by atoms with Crippen LogP contribution in [0.1, 0.15) is 18.4 Å². The number of aromatic nitrogens is 2. The number of benzene rings is 1. The Morgan fingerprint density at radius 3 is 2.48 bits per heavy atom. The summed E-state index contributed by atoms with van der Waals surface area (Å²) in [4.78, 5) is 27.2. The lowest BCUT2D eigenvalue weighted by atomic mass is 9.94. The molecule has 2 fully saturated rings. The molecule has 1 aliphatic carbocycles. The minimum Gasteiger partial charge on any atom is -0.497 e. The van der Waals surface area contributed by atoms with E-state index in [0.717, 1.165) is 53.3 Å². The monoisotopic (exact) mass is 409 g/mol. The molecule has 0 atom stereocenters. The average Bonchev–Trinajstić information content (AvgIpc) is 3.44. The minimum atomic E-state index is -0.353. The predicted octanol–water partition coefficient (Wildman–Crippen LogP) is 2.66. The third kappa shape index (κ3) is 3.07. The summed E-state index contributed by atoms with van der Waals surface area (Å²) < 4.78 is 5.25. The molecule has 7 nitrogen and oxygen atoms in total. The van der Waals surface area contributed by atoms with Crippen LogP contribution in [0.4, 0.5) is 11.8 Å². The van der Waals surface area contributed by atoms with Gasteiger partial charge in [0, 0.05) is 26.2 Å². The van der Waals surface area contributed by atoms with Crippen LogP contribution >= 0.6 is 11.3 Å². The first kappa shape index (κ1) is 18.2. The van der Waals surface area contributed by atoms with Crippen LogP contribution in [0.3, 0.4) is 0 Å². The van der Waals surface area contributed by atoms with Gasteiger partial charge in [-0.3, -0.25) is 4.79 Å². The van der Waals surface area contributed by atoms with E-state index >= 15 is 0 Å². The number of hydrogen-bond acceptors (Lipinski definition) is 7. The van der Waals surface area contributed by atoms with Crippen molar-refractivity contribution >= 4 is 39.2 Å². The number of carbonyl (C=O) groups is 1. The Morgan fingerprint density at radius 1 is 1.10 bits per heavy atom. The summed E-state index contributed by atoms with van der Waals surface area (Å²) in [5.41, 5.74) is 6.64. The molecule has 1 saturated heterocycles. The molecule has 0 bridgehead atoms. The SMILES string of the molecule is COc1ccc(C2(C(=O)N3CCN(c4nc(N)nc5sccc45)CC3)CC2)cc1. The van der Waals surface area contributed by atoms with E-state index in [9.17, 15) is 4.79 Å². The number of piperazine rings is 1. The van der Waals surface area contributed by atoms with Crippen LogP contribution in [0, 0.1) is 0 Å². The van der Waals surface area contributed by atoms with Crippen LogP contribution < -0.4 is 15.4 Å². The van der Waals surface area contributed by atoms with Gasteiger partial charge in [0.1, 0.15) is 16.4 Å². The van der Waals surface area contributed by atoms with Crippen LogP contribution in [0.5, 0.6) is 5.75 Å². The van der Waals surface area contributed by atoms with Gasteiger partial charge in [-0.05, 0) is 42.0 Å². The Bertz CT molecular complexity index is 1050. The Labute approximate surface area is 173 Å². The molecule has 8 heteroatoms. The lowest BCUT2D eigenvalue weighted by Gasteiger charge is -2.37. The number of nitrogen functional groups attached to an aromatic ring is 1. The molecule has 2 aliphatic rings. The maximum absolute atomic E-state index is 13.3. The summed E-state index contributed by atoms with van der Waals surface area (Å²) in [5.74, 6) is 2.22. The summed E-state index contributed by atoms with van der Waals surface area (Å²) in [6.45, 7) is 2.86. The van der Waals surface area contributed by atoms with E-state index in [1.54, 1.807) is 18.4 Å². The maximum atomic E-state index is 13.3. The van der Waals surface area contributed by atoms with Crippen molar-refractivity contribution in [2.45, 2.75) is 18.3 Å². The van der Waals surface area contributed by atoms with Gasteiger partial charge in [0.15, 0.2) is 0 Å². The zero-order valence-corrected chi connectivity index (χ0v) is 17.1.